The molecule has 0 amide bonds. The highest BCUT2D eigenvalue weighted by Gasteiger charge is 2.17. The van der Waals surface area contributed by atoms with Crippen LogP contribution in [0.1, 0.15) is 18.9 Å². The van der Waals surface area contributed by atoms with Gasteiger partial charge < -0.3 is 5.73 Å². The predicted octanol–water partition coefficient (Wildman–Crippen LogP) is 0.824. The van der Waals surface area contributed by atoms with Gasteiger partial charge in [0.2, 0.25) is 10.0 Å². The SMILES string of the molecule is CCCNS(=O)(=O)c1ccc(F)cc1C#CCN. The van der Waals surface area contributed by atoms with Gasteiger partial charge in [0.25, 0.3) is 0 Å². The van der Waals surface area contributed by atoms with Crippen LogP contribution in [0.25, 0.3) is 0 Å². The summed E-state index contributed by atoms with van der Waals surface area (Å²) < 4.78 is 39.4. The van der Waals surface area contributed by atoms with Gasteiger partial charge in [0, 0.05) is 12.1 Å². The smallest absolute Gasteiger partial charge is 0.241 e. The molecule has 0 saturated heterocycles. The Balaban J connectivity index is 3.23. The van der Waals surface area contributed by atoms with Crippen molar-refractivity contribution in [2.45, 2.75) is 18.2 Å². The molecule has 1 rings (SSSR count). The van der Waals surface area contributed by atoms with Crippen LogP contribution in [0, 0.1) is 17.7 Å². The van der Waals surface area contributed by atoms with Crippen molar-refractivity contribution in [3.63, 3.8) is 0 Å². The van der Waals surface area contributed by atoms with E-state index in [4.69, 9.17) is 5.73 Å². The summed E-state index contributed by atoms with van der Waals surface area (Å²) in [6, 6.07) is 3.38. The van der Waals surface area contributed by atoms with E-state index in [0.717, 1.165) is 12.1 Å². The highest BCUT2D eigenvalue weighted by molar-refractivity contribution is 7.89. The van der Waals surface area contributed by atoms with Crippen LogP contribution in [0.2, 0.25) is 0 Å². The zero-order valence-corrected chi connectivity index (χ0v) is 10.8. The first kappa shape index (κ1) is 14.6. The van der Waals surface area contributed by atoms with Crippen LogP contribution in [0.3, 0.4) is 0 Å². The first-order chi connectivity index (χ1) is 8.51. The Morgan fingerprint density at radius 2 is 2.17 bits per heavy atom. The molecule has 1 aromatic rings. The lowest BCUT2D eigenvalue weighted by atomic mass is 10.2. The highest BCUT2D eigenvalue weighted by atomic mass is 32.2. The van der Waals surface area contributed by atoms with Gasteiger partial charge in [-0.05, 0) is 24.6 Å². The molecule has 0 atom stereocenters. The predicted molar refractivity (Wildman–Crippen MR) is 67.8 cm³/mol. The van der Waals surface area contributed by atoms with E-state index in [1.165, 1.54) is 6.07 Å². The third-order valence-corrected chi connectivity index (χ3v) is 3.62. The third-order valence-electron chi connectivity index (χ3n) is 2.10. The van der Waals surface area contributed by atoms with Crippen LogP contribution in [0.15, 0.2) is 23.1 Å². The Labute approximate surface area is 106 Å². The fourth-order valence-corrected chi connectivity index (χ4v) is 2.57. The quantitative estimate of drug-likeness (QED) is 0.796. The Bertz CT molecular complexity index is 573. The Kier molecular flexibility index (Phi) is 5.28. The fourth-order valence-electron chi connectivity index (χ4n) is 1.29. The van der Waals surface area contributed by atoms with E-state index in [9.17, 15) is 12.8 Å². The molecule has 0 aliphatic carbocycles. The number of nitrogens with two attached hydrogens (primary N) is 1. The second kappa shape index (κ2) is 6.50. The summed E-state index contributed by atoms with van der Waals surface area (Å²) in [5.74, 6) is 4.55. The van der Waals surface area contributed by atoms with Gasteiger partial charge in [0.05, 0.1) is 11.4 Å². The van der Waals surface area contributed by atoms with Crippen molar-refractivity contribution in [1.82, 2.24) is 4.72 Å². The van der Waals surface area contributed by atoms with Crippen molar-refractivity contribution >= 4 is 10.0 Å². The zero-order chi connectivity index (χ0) is 13.6. The third kappa shape index (κ3) is 3.81. The first-order valence-electron chi connectivity index (χ1n) is 5.49. The zero-order valence-electron chi connectivity index (χ0n) is 10.0. The van der Waals surface area contributed by atoms with E-state index >= 15 is 0 Å². The molecule has 3 N–H and O–H groups in total. The maximum Gasteiger partial charge on any atom is 0.241 e. The molecule has 0 aromatic heterocycles. The normalized spacial score (nSPS) is 10.8. The Hall–Kier alpha value is -1.42. The van der Waals surface area contributed by atoms with Gasteiger partial charge in [-0.25, -0.2) is 17.5 Å². The standard InChI is InChI=1S/C12H15FN2O2S/c1-2-8-15-18(16,17)12-6-5-11(13)9-10(12)4-3-7-14/h5-6,9,15H,2,7-8,14H2,1H3. The lowest BCUT2D eigenvalue weighted by molar-refractivity contribution is 0.579. The summed E-state index contributed by atoms with van der Waals surface area (Å²) in [7, 11) is -3.66. The minimum Gasteiger partial charge on any atom is -0.320 e. The molecular weight excluding hydrogens is 255 g/mol. The molecule has 0 aliphatic rings. The van der Waals surface area contributed by atoms with E-state index < -0.39 is 15.8 Å². The van der Waals surface area contributed by atoms with Gasteiger partial charge in [0.1, 0.15) is 5.82 Å². The van der Waals surface area contributed by atoms with Crippen molar-refractivity contribution in [3.8, 4) is 11.8 Å². The molecule has 4 nitrogen and oxygen atoms in total. The molecule has 0 unspecified atom stereocenters. The molecule has 98 valence electrons. The van der Waals surface area contributed by atoms with Gasteiger partial charge in [-0.1, -0.05) is 18.8 Å². The van der Waals surface area contributed by atoms with E-state index in [-0.39, 0.29) is 17.0 Å². The van der Waals surface area contributed by atoms with Gasteiger partial charge in [0.15, 0.2) is 0 Å². The molecule has 6 heteroatoms. The van der Waals surface area contributed by atoms with E-state index in [1.54, 1.807) is 0 Å². The molecule has 0 fully saturated rings. The fraction of sp³-hybridized carbons (Fsp3) is 0.333. The van der Waals surface area contributed by atoms with Crippen LogP contribution >= 0.6 is 0 Å². The maximum absolute atomic E-state index is 13.1. The number of nitrogens with one attached hydrogen (secondary N) is 1. The van der Waals surface area contributed by atoms with Crippen LogP contribution < -0.4 is 10.5 Å². The summed E-state index contributed by atoms with van der Waals surface area (Å²) >= 11 is 0. The summed E-state index contributed by atoms with van der Waals surface area (Å²) in [4.78, 5) is -0.0294. The Morgan fingerprint density at radius 3 is 2.78 bits per heavy atom. The number of hydrogen-bond acceptors (Lipinski definition) is 3. The van der Waals surface area contributed by atoms with Crippen molar-refractivity contribution in [1.29, 1.82) is 0 Å². The van der Waals surface area contributed by atoms with E-state index in [0.29, 0.717) is 13.0 Å². The summed E-state index contributed by atoms with van der Waals surface area (Å²) in [5, 5.41) is 0. The topological polar surface area (TPSA) is 72.2 Å². The summed E-state index contributed by atoms with van der Waals surface area (Å²) in [5.41, 5.74) is 5.34. The van der Waals surface area contributed by atoms with Gasteiger partial charge in [-0.2, -0.15) is 0 Å². The number of benzene rings is 1. The summed E-state index contributed by atoms with van der Waals surface area (Å²) in [6.07, 6.45) is 0.671. The minimum atomic E-state index is -3.66. The van der Waals surface area contributed by atoms with E-state index in [1.807, 2.05) is 6.92 Å². The number of hydrogen-bond donors (Lipinski definition) is 2. The molecule has 0 spiro atoms. The van der Waals surface area contributed by atoms with Crippen molar-refractivity contribution in [3.05, 3.63) is 29.6 Å². The molecule has 0 heterocycles. The second-order valence-corrected chi connectivity index (χ2v) is 5.28. The lowest BCUT2D eigenvalue weighted by Crippen LogP contribution is -2.25. The largest absolute Gasteiger partial charge is 0.320 e. The number of sulfonamides is 1. The summed E-state index contributed by atoms with van der Waals surface area (Å²) in [6.45, 7) is 2.25. The highest BCUT2D eigenvalue weighted by Crippen LogP contribution is 2.16. The van der Waals surface area contributed by atoms with Gasteiger partial charge in [-0.15, -0.1) is 0 Å². The van der Waals surface area contributed by atoms with Crippen molar-refractivity contribution < 1.29 is 12.8 Å². The maximum atomic E-state index is 13.1. The molecule has 0 radical (unpaired) electrons. The Morgan fingerprint density at radius 1 is 1.44 bits per heavy atom. The molecular formula is C12H15FN2O2S. The molecule has 18 heavy (non-hydrogen) atoms. The van der Waals surface area contributed by atoms with Crippen molar-refractivity contribution in [2.75, 3.05) is 13.1 Å². The van der Waals surface area contributed by atoms with Crippen LogP contribution in [-0.4, -0.2) is 21.5 Å². The van der Waals surface area contributed by atoms with Gasteiger partial charge in [-0.3, -0.25) is 0 Å². The second-order valence-electron chi connectivity index (χ2n) is 3.54. The van der Waals surface area contributed by atoms with Gasteiger partial charge >= 0.3 is 0 Å². The van der Waals surface area contributed by atoms with Crippen LogP contribution in [0.4, 0.5) is 4.39 Å². The average molecular weight is 270 g/mol. The molecule has 1 aromatic carbocycles. The number of rotatable bonds is 4. The lowest BCUT2D eigenvalue weighted by Gasteiger charge is -2.07. The van der Waals surface area contributed by atoms with Crippen LogP contribution in [0.5, 0.6) is 0 Å². The number of halogens is 1. The molecule has 0 bridgehead atoms. The van der Waals surface area contributed by atoms with E-state index in [2.05, 4.69) is 16.6 Å². The van der Waals surface area contributed by atoms with Crippen molar-refractivity contribution in [2.24, 2.45) is 5.73 Å². The van der Waals surface area contributed by atoms with Crippen LogP contribution in [-0.2, 0) is 10.0 Å². The average Bonchev–Trinajstić information content (AvgIpc) is 2.33. The molecule has 0 aliphatic heterocycles. The monoisotopic (exact) mass is 270 g/mol. The minimum absolute atomic E-state index is 0.0294. The first-order valence-corrected chi connectivity index (χ1v) is 6.97. The molecule has 0 saturated carbocycles.